The van der Waals surface area contributed by atoms with Crippen molar-refractivity contribution in [3.05, 3.63) is 29.8 Å². The van der Waals surface area contributed by atoms with Crippen LogP contribution in [0.3, 0.4) is 0 Å². The van der Waals surface area contributed by atoms with E-state index in [1.165, 1.54) is 31.2 Å². The maximum Gasteiger partial charge on any atom is 0.123 e. The molecule has 0 radical (unpaired) electrons. The van der Waals surface area contributed by atoms with Gasteiger partial charge in [0.05, 0.1) is 19.8 Å². The average Bonchev–Trinajstić information content (AvgIpc) is 2.93. The second kappa shape index (κ2) is 5.38. The predicted molar refractivity (Wildman–Crippen MR) is 80.1 cm³/mol. The minimum absolute atomic E-state index is 0.133. The zero-order chi connectivity index (χ0) is 14.1. The first-order valence-corrected chi connectivity index (χ1v) is 7.68. The van der Waals surface area contributed by atoms with Crippen LogP contribution >= 0.6 is 0 Å². The Morgan fingerprint density at radius 2 is 1.90 bits per heavy atom. The van der Waals surface area contributed by atoms with Gasteiger partial charge in [-0.1, -0.05) is 38.0 Å². The molecule has 1 heterocycles. The highest BCUT2D eigenvalue weighted by Crippen LogP contribution is 2.44. The van der Waals surface area contributed by atoms with E-state index in [0.29, 0.717) is 6.54 Å². The summed E-state index contributed by atoms with van der Waals surface area (Å²) >= 11 is 0. The van der Waals surface area contributed by atoms with E-state index < -0.39 is 0 Å². The monoisotopic (exact) mass is 275 g/mol. The molecular weight excluding hydrogens is 250 g/mol. The topological polar surface area (TPSA) is 44.5 Å². The van der Waals surface area contributed by atoms with Crippen LogP contribution in [0.1, 0.15) is 38.2 Å². The lowest BCUT2D eigenvalue weighted by atomic mass is 9.78. The van der Waals surface area contributed by atoms with Crippen molar-refractivity contribution in [2.24, 2.45) is 11.1 Å². The van der Waals surface area contributed by atoms with E-state index in [1.54, 1.807) is 0 Å². The van der Waals surface area contributed by atoms with E-state index in [4.69, 9.17) is 15.2 Å². The number of benzene rings is 1. The Labute approximate surface area is 121 Å². The average molecular weight is 275 g/mol. The zero-order valence-electron chi connectivity index (χ0n) is 12.4. The van der Waals surface area contributed by atoms with E-state index in [2.05, 4.69) is 31.2 Å². The summed E-state index contributed by atoms with van der Waals surface area (Å²) in [5.74, 6) is 1.02. The number of ether oxygens (including phenoxy) is 2. The first-order valence-electron chi connectivity index (χ1n) is 7.68. The third kappa shape index (κ3) is 2.45. The second-order valence-corrected chi connectivity index (χ2v) is 6.78. The van der Waals surface area contributed by atoms with Crippen LogP contribution in [0.15, 0.2) is 24.3 Å². The molecule has 0 aromatic heterocycles. The summed E-state index contributed by atoms with van der Waals surface area (Å²) in [6.07, 6.45) is 4.92. The molecule has 0 unspecified atom stereocenters. The van der Waals surface area contributed by atoms with Gasteiger partial charge >= 0.3 is 0 Å². The second-order valence-electron chi connectivity index (χ2n) is 6.78. The molecule has 2 fully saturated rings. The first-order chi connectivity index (χ1) is 9.68. The van der Waals surface area contributed by atoms with Crippen molar-refractivity contribution in [1.29, 1.82) is 0 Å². The fraction of sp³-hybridized carbons (Fsp3) is 0.647. The van der Waals surface area contributed by atoms with Gasteiger partial charge in [-0.25, -0.2) is 0 Å². The van der Waals surface area contributed by atoms with Crippen molar-refractivity contribution in [1.82, 2.24) is 0 Å². The summed E-state index contributed by atoms with van der Waals surface area (Å²) in [5.41, 5.74) is 7.73. The largest absolute Gasteiger partial charge is 0.493 e. The predicted octanol–water partition coefficient (Wildman–Crippen LogP) is 2.87. The first kappa shape index (κ1) is 13.9. The molecule has 2 N–H and O–H groups in total. The van der Waals surface area contributed by atoms with Gasteiger partial charge in [0.25, 0.3) is 0 Å². The van der Waals surface area contributed by atoms with E-state index in [0.717, 1.165) is 25.6 Å². The van der Waals surface area contributed by atoms with Crippen molar-refractivity contribution in [2.75, 3.05) is 26.4 Å². The van der Waals surface area contributed by atoms with Crippen molar-refractivity contribution >= 4 is 0 Å². The van der Waals surface area contributed by atoms with Gasteiger partial charge in [-0.2, -0.15) is 0 Å². The highest BCUT2D eigenvalue weighted by Gasteiger charge is 2.38. The molecule has 1 aromatic carbocycles. The van der Waals surface area contributed by atoms with Crippen LogP contribution in [0.5, 0.6) is 5.75 Å². The van der Waals surface area contributed by atoms with Gasteiger partial charge in [0, 0.05) is 22.9 Å². The minimum Gasteiger partial charge on any atom is -0.493 e. The molecule has 0 bridgehead atoms. The van der Waals surface area contributed by atoms with Gasteiger partial charge in [-0.15, -0.1) is 0 Å². The third-order valence-electron chi connectivity index (χ3n) is 4.89. The molecule has 2 aliphatic rings. The Kier molecular flexibility index (Phi) is 3.74. The van der Waals surface area contributed by atoms with Crippen LogP contribution in [0.2, 0.25) is 0 Å². The molecule has 3 rings (SSSR count). The maximum atomic E-state index is 6.15. The minimum atomic E-state index is 0.133. The van der Waals surface area contributed by atoms with Gasteiger partial charge < -0.3 is 15.2 Å². The zero-order valence-corrected chi connectivity index (χ0v) is 12.4. The van der Waals surface area contributed by atoms with Gasteiger partial charge in [0.1, 0.15) is 5.75 Å². The summed E-state index contributed by atoms with van der Waals surface area (Å²) in [7, 11) is 0. The summed E-state index contributed by atoms with van der Waals surface area (Å²) in [6.45, 7) is 5.26. The highest BCUT2D eigenvalue weighted by atomic mass is 16.5. The van der Waals surface area contributed by atoms with Crippen LogP contribution in [-0.2, 0) is 10.2 Å². The number of hydrogen-bond acceptors (Lipinski definition) is 3. The SMILES string of the molecule is CC1(COc2ccccc2C2(CN)CCCC2)COC1. The highest BCUT2D eigenvalue weighted by molar-refractivity contribution is 5.41. The molecular formula is C17H25NO2. The van der Waals surface area contributed by atoms with Gasteiger partial charge in [0.2, 0.25) is 0 Å². The number of rotatable bonds is 5. The van der Waals surface area contributed by atoms with Gasteiger partial charge in [0.15, 0.2) is 0 Å². The molecule has 0 amide bonds. The fourth-order valence-corrected chi connectivity index (χ4v) is 3.45. The van der Waals surface area contributed by atoms with Crippen LogP contribution < -0.4 is 10.5 Å². The quantitative estimate of drug-likeness (QED) is 0.898. The van der Waals surface area contributed by atoms with Gasteiger partial charge in [-0.05, 0) is 18.9 Å². The summed E-state index contributed by atoms with van der Waals surface area (Å²) in [4.78, 5) is 0. The Hall–Kier alpha value is -1.06. The van der Waals surface area contributed by atoms with Crippen molar-refractivity contribution in [3.63, 3.8) is 0 Å². The fourth-order valence-electron chi connectivity index (χ4n) is 3.45. The molecule has 0 spiro atoms. The normalized spacial score (nSPS) is 23.3. The van der Waals surface area contributed by atoms with E-state index >= 15 is 0 Å². The van der Waals surface area contributed by atoms with Crippen molar-refractivity contribution in [2.45, 2.75) is 38.0 Å². The Bertz CT molecular complexity index is 462. The summed E-state index contributed by atoms with van der Waals surface area (Å²) < 4.78 is 11.4. The Balaban J connectivity index is 1.80. The lowest BCUT2D eigenvalue weighted by Crippen LogP contribution is -2.44. The molecule has 1 aromatic rings. The summed E-state index contributed by atoms with van der Waals surface area (Å²) in [5, 5.41) is 0. The molecule has 110 valence electrons. The van der Waals surface area contributed by atoms with E-state index in [-0.39, 0.29) is 10.8 Å². The Morgan fingerprint density at radius 1 is 1.20 bits per heavy atom. The number of hydrogen-bond donors (Lipinski definition) is 1. The van der Waals surface area contributed by atoms with Crippen LogP contribution in [0.25, 0.3) is 0 Å². The van der Waals surface area contributed by atoms with Crippen LogP contribution in [0.4, 0.5) is 0 Å². The molecule has 0 atom stereocenters. The third-order valence-corrected chi connectivity index (χ3v) is 4.89. The smallest absolute Gasteiger partial charge is 0.123 e. The molecule has 1 saturated heterocycles. The van der Waals surface area contributed by atoms with Gasteiger partial charge in [-0.3, -0.25) is 0 Å². The molecule has 20 heavy (non-hydrogen) atoms. The van der Waals surface area contributed by atoms with Crippen LogP contribution in [0, 0.1) is 5.41 Å². The lowest BCUT2D eigenvalue weighted by molar-refractivity contribution is -0.120. The van der Waals surface area contributed by atoms with E-state index in [9.17, 15) is 0 Å². The molecule has 3 heteroatoms. The van der Waals surface area contributed by atoms with Crippen molar-refractivity contribution < 1.29 is 9.47 Å². The molecule has 3 nitrogen and oxygen atoms in total. The van der Waals surface area contributed by atoms with Crippen molar-refractivity contribution in [3.8, 4) is 5.75 Å². The maximum absolute atomic E-state index is 6.15. The molecule has 1 saturated carbocycles. The number of para-hydroxylation sites is 1. The Morgan fingerprint density at radius 3 is 2.50 bits per heavy atom. The number of nitrogens with two attached hydrogens (primary N) is 1. The molecule has 1 aliphatic carbocycles. The summed E-state index contributed by atoms with van der Waals surface area (Å²) in [6, 6.07) is 8.45. The van der Waals surface area contributed by atoms with Crippen LogP contribution in [-0.4, -0.2) is 26.4 Å². The molecule has 1 aliphatic heterocycles. The van der Waals surface area contributed by atoms with E-state index in [1.807, 2.05) is 0 Å². The lowest BCUT2D eigenvalue weighted by Gasteiger charge is -2.38. The standard InChI is InChI=1S/C17H25NO2/c1-16(11-19-12-16)13-20-15-7-3-2-6-14(15)17(10-18)8-4-5-9-17/h2-3,6-7H,4-5,8-13,18H2,1H3.